The number of hydrogen-bond acceptors (Lipinski definition) is 2. The predicted octanol–water partition coefficient (Wildman–Crippen LogP) is 2.42. The summed E-state index contributed by atoms with van der Waals surface area (Å²) in [6.07, 6.45) is 2.32. The molecule has 1 amide bonds. The normalized spacial score (nSPS) is 16.1. The molecule has 19 heavy (non-hydrogen) atoms. The SMILES string of the molecule is CCNCC(C)C(=O)N(Cc1ccccc1)C1CC1. The number of rotatable bonds is 7. The Morgan fingerprint density at radius 3 is 2.63 bits per heavy atom. The van der Waals surface area contributed by atoms with Gasteiger partial charge in [-0.2, -0.15) is 0 Å². The molecule has 0 spiro atoms. The highest BCUT2D eigenvalue weighted by Gasteiger charge is 2.34. The first kappa shape index (κ1) is 14.1. The fourth-order valence-corrected chi connectivity index (χ4v) is 2.28. The lowest BCUT2D eigenvalue weighted by molar-refractivity contribution is -0.136. The minimum Gasteiger partial charge on any atom is -0.335 e. The molecule has 1 saturated carbocycles. The van der Waals surface area contributed by atoms with Crippen molar-refractivity contribution >= 4 is 5.91 Å². The summed E-state index contributed by atoms with van der Waals surface area (Å²) in [5.74, 6) is 0.344. The predicted molar refractivity (Wildman–Crippen MR) is 77.7 cm³/mol. The molecular formula is C16H24N2O. The van der Waals surface area contributed by atoms with Crippen molar-refractivity contribution in [2.24, 2.45) is 5.92 Å². The van der Waals surface area contributed by atoms with E-state index in [2.05, 4.69) is 29.3 Å². The van der Waals surface area contributed by atoms with Gasteiger partial charge in [-0.3, -0.25) is 4.79 Å². The van der Waals surface area contributed by atoms with Crippen LogP contribution in [-0.4, -0.2) is 29.9 Å². The van der Waals surface area contributed by atoms with Crippen LogP contribution in [0.3, 0.4) is 0 Å². The largest absolute Gasteiger partial charge is 0.335 e. The second kappa shape index (κ2) is 6.71. The Morgan fingerprint density at radius 2 is 2.05 bits per heavy atom. The number of hydrogen-bond donors (Lipinski definition) is 1. The molecular weight excluding hydrogens is 236 g/mol. The van der Waals surface area contributed by atoms with E-state index in [9.17, 15) is 4.79 Å². The number of carbonyl (C=O) groups excluding carboxylic acids is 1. The van der Waals surface area contributed by atoms with E-state index in [1.54, 1.807) is 0 Å². The zero-order valence-corrected chi connectivity index (χ0v) is 11.9. The molecule has 0 bridgehead atoms. The fraction of sp³-hybridized carbons (Fsp3) is 0.562. The molecule has 1 aliphatic carbocycles. The summed E-state index contributed by atoms with van der Waals surface area (Å²) in [5.41, 5.74) is 1.22. The van der Waals surface area contributed by atoms with Crippen molar-refractivity contribution in [2.45, 2.75) is 39.3 Å². The molecule has 1 unspecified atom stereocenters. The summed E-state index contributed by atoms with van der Waals surface area (Å²) in [7, 11) is 0. The summed E-state index contributed by atoms with van der Waals surface area (Å²) in [6, 6.07) is 10.7. The van der Waals surface area contributed by atoms with Crippen LogP contribution in [-0.2, 0) is 11.3 Å². The van der Waals surface area contributed by atoms with Gasteiger partial charge in [0.2, 0.25) is 5.91 Å². The second-order valence-corrected chi connectivity index (χ2v) is 5.39. The lowest BCUT2D eigenvalue weighted by Gasteiger charge is -2.26. The van der Waals surface area contributed by atoms with E-state index < -0.39 is 0 Å². The molecule has 0 saturated heterocycles. The molecule has 0 aliphatic heterocycles. The first-order chi connectivity index (χ1) is 9.22. The van der Waals surface area contributed by atoms with Gasteiger partial charge < -0.3 is 10.2 Å². The molecule has 2 rings (SSSR count). The van der Waals surface area contributed by atoms with Crippen molar-refractivity contribution in [2.75, 3.05) is 13.1 Å². The molecule has 1 aromatic rings. The first-order valence-electron chi connectivity index (χ1n) is 7.27. The van der Waals surface area contributed by atoms with Gasteiger partial charge in [0.15, 0.2) is 0 Å². The second-order valence-electron chi connectivity index (χ2n) is 5.39. The van der Waals surface area contributed by atoms with Crippen molar-refractivity contribution < 1.29 is 4.79 Å². The van der Waals surface area contributed by atoms with Gasteiger partial charge in [-0.05, 0) is 24.9 Å². The van der Waals surface area contributed by atoms with E-state index in [-0.39, 0.29) is 11.8 Å². The molecule has 0 heterocycles. The number of nitrogens with zero attached hydrogens (tertiary/aromatic N) is 1. The van der Waals surface area contributed by atoms with Crippen LogP contribution in [0.2, 0.25) is 0 Å². The first-order valence-corrected chi connectivity index (χ1v) is 7.27. The molecule has 1 atom stereocenters. The minimum absolute atomic E-state index is 0.0595. The van der Waals surface area contributed by atoms with Crippen LogP contribution in [0.4, 0.5) is 0 Å². The van der Waals surface area contributed by atoms with E-state index in [1.165, 1.54) is 5.56 Å². The van der Waals surface area contributed by atoms with E-state index in [0.717, 1.165) is 32.5 Å². The molecule has 1 aromatic carbocycles. The number of amides is 1. The van der Waals surface area contributed by atoms with Gasteiger partial charge in [0.05, 0.1) is 0 Å². The van der Waals surface area contributed by atoms with Crippen LogP contribution < -0.4 is 5.32 Å². The standard InChI is InChI=1S/C16H24N2O/c1-3-17-11-13(2)16(19)18(15-9-10-15)12-14-7-5-4-6-8-14/h4-8,13,15,17H,3,9-12H2,1-2H3. The van der Waals surface area contributed by atoms with Crippen molar-refractivity contribution in [1.82, 2.24) is 10.2 Å². The highest BCUT2D eigenvalue weighted by Crippen LogP contribution is 2.29. The highest BCUT2D eigenvalue weighted by atomic mass is 16.2. The zero-order chi connectivity index (χ0) is 13.7. The van der Waals surface area contributed by atoms with Crippen molar-refractivity contribution in [1.29, 1.82) is 0 Å². The van der Waals surface area contributed by atoms with E-state index in [4.69, 9.17) is 0 Å². The van der Waals surface area contributed by atoms with E-state index in [0.29, 0.717) is 6.04 Å². The number of benzene rings is 1. The average Bonchev–Trinajstić information content (AvgIpc) is 3.27. The third-order valence-electron chi connectivity index (χ3n) is 3.59. The van der Waals surface area contributed by atoms with Crippen LogP contribution in [0, 0.1) is 5.92 Å². The van der Waals surface area contributed by atoms with Gasteiger partial charge in [-0.1, -0.05) is 44.2 Å². The molecule has 3 heteroatoms. The maximum absolute atomic E-state index is 12.5. The summed E-state index contributed by atoms with van der Waals surface area (Å²) < 4.78 is 0. The fourth-order valence-electron chi connectivity index (χ4n) is 2.28. The monoisotopic (exact) mass is 260 g/mol. The lowest BCUT2D eigenvalue weighted by Crippen LogP contribution is -2.40. The van der Waals surface area contributed by atoms with Gasteiger partial charge in [-0.15, -0.1) is 0 Å². The Labute approximate surface area is 116 Å². The summed E-state index contributed by atoms with van der Waals surface area (Å²) in [5, 5.41) is 3.26. The molecule has 0 radical (unpaired) electrons. The quantitative estimate of drug-likeness (QED) is 0.816. The minimum atomic E-state index is 0.0595. The Balaban J connectivity index is 1.97. The van der Waals surface area contributed by atoms with Crippen LogP contribution in [0.25, 0.3) is 0 Å². The summed E-state index contributed by atoms with van der Waals surface area (Å²) >= 11 is 0. The Kier molecular flexibility index (Phi) is 4.97. The molecule has 1 aliphatic rings. The van der Waals surface area contributed by atoms with Gasteiger partial charge in [0.1, 0.15) is 0 Å². The third kappa shape index (κ3) is 4.06. The molecule has 1 fully saturated rings. The maximum Gasteiger partial charge on any atom is 0.227 e. The van der Waals surface area contributed by atoms with Crippen LogP contribution in [0.5, 0.6) is 0 Å². The molecule has 0 aromatic heterocycles. The Hall–Kier alpha value is -1.35. The van der Waals surface area contributed by atoms with E-state index in [1.807, 2.05) is 25.1 Å². The third-order valence-corrected chi connectivity index (χ3v) is 3.59. The van der Waals surface area contributed by atoms with Crippen molar-refractivity contribution in [3.63, 3.8) is 0 Å². The van der Waals surface area contributed by atoms with Crippen LogP contribution >= 0.6 is 0 Å². The van der Waals surface area contributed by atoms with Crippen LogP contribution in [0.15, 0.2) is 30.3 Å². The highest BCUT2D eigenvalue weighted by molar-refractivity contribution is 5.79. The van der Waals surface area contributed by atoms with Crippen LogP contribution in [0.1, 0.15) is 32.3 Å². The van der Waals surface area contributed by atoms with E-state index >= 15 is 0 Å². The van der Waals surface area contributed by atoms with Gasteiger partial charge in [0, 0.05) is 25.0 Å². The molecule has 1 N–H and O–H groups in total. The Morgan fingerprint density at radius 1 is 1.37 bits per heavy atom. The molecule has 3 nitrogen and oxygen atoms in total. The van der Waals surface area contributed by atoms with Crippen molar-refractivity contribution in [3.8, 4) is 0 Å². The summed E-state index contributed by atoms with van der Waals surface area (Å²) in [4.78, 5) is 14.6. The van der Waals surface area contributed by atoms with Gasteiger partial charge in [-0.25, -0.2) is 0 Å². The van der Waals surface area contributed by atoms with Crippen molar-refractivity contribution in [3.05, 3.63) is 35.9 Å². The topological polar surface area (TPSA) is 32.3 Å². The zero-order valence-electron chi connectivity index (χ0n) is 11.9. The summed E-state index contributed by atoms with van der Waals surface area (Å²) in [6.45, 7) is 6.53. The average molecular weight is 260 g/mol. The smallest absolute Gasteiger partial charge is 0.227 e. The molecule has 104 valence electrons. The Bertz CT molecular complexity index is 400. The number of nitrogens with one attached hydrogen (secondary N) is 1. The van der Waals surface area contributed by atoms with Gasteiger partial charge in [0.25, 0.3) is 0 Å². The number of carbonyl (C=O) groups is 1. The van der Waals surface area contributed by atoms with Gasteiger partial charge >= 0.3 is 0 Å². The maximum atomic E-state index is 12.5. The lowest BCUT2D eigenvalue weighted by atomic mass is 10.1.